The number of carbonyl (C=O) groups excluding carboxylic acids is 1. The van der Waals surface area contributed by atoms with Gasteiger partial charge in [0.2, 0.25) is 15.9 Å². The quantitative estimate of drug-likeness (QED) is 0.792. The van der Waals surface area contributed by atoms with Crippen molar-refractivity contribution in [2.24, 2.45) is 0 Å². The molecule has 0 radical (unpaired) electrons. The highest BCUT2D eigenvalue weighted by molar-refractivity contribution is 7.89. The zero-order valence-corrected chi connectivity index (χ0v) is 14.6. The lowest BCUT2D eigenvalue weighted by atomic mass is 10.3. The summed E-state index contributed by atoms with van der Waals surface area (Å²) in [7, 11) is -3.80. The molecule has 0 heterocycles. The number of halogens is 3. The molecule has 2 N–H and O–H groups in total. The normalized spacial score (nSPS) is 11.3. The molecule has 0 saturated heterocycles. The van der Waals surface area contributed by atoms with Crippen molar-refractivity contribution >= 4 is 44.8 Å². The summed E-state index contributed by atoms with van der Waals surface area (Å²) >= 11 is 11.8. The van der Waals surface area contributed by atoms with Crippen LogP contribution in [0, 0.1) is 5.82 Å². The number of nitrogens with one attached hydrogen (secondary N) is 2. The summed E-state index contributed by atoms with van der Waals surface area (Å²) in [6, 6.07) is 9.16. The van der Waals surface area contributed by atoms with Crippen molar-refractivity contribution in [3.8, 4) is 0 Å². The van der Waals surface area contributed by atoms with Crippen molar-refractivity contribution in [1.29, 1.82) is 0 Å². The maximum absolute atomic E-state index is 12.8. The fourth-order valence-corrected chi connectivity index (χ4v) is 3.19. The second-order valence-electron chi connectivity index (χ2n) is 4.75. The van der Waals surface area contributed by atoms with Crippen LogP contribution in [0.5, 0.6) is 0 Å². The van der Waals surface area contributed by atoms with E-state index in [4.69, 9.17) is 23.2 Å². The number of anilines is 1. The van der Waals surface area contributed by atoms with Crippen LogP contribution in [-0.2, 0) is 14.8 Å². The number of rotatable bonds is 6. The van der Waals surface area contributed by atoms with Gasteiger partial charge in [-0.25, -0.2) is 17.5 Å². The van der Waals surface area contributed by atoms with Crippen LogP contribution in [0.2, 0.25) is 10.0 Å². The summed E-state index contributed by atoms with van der Waals surface area (Å²) in [6.45, 7) is -0.121. The van der Waals surface area contributed by atoms with Gasteiger partial charge in [0.15, 0.2) is 0 Å². The number of sulfonamides is 1. The molecule has 0 fully saturated rings. The molecular weight excluding hydrogens is 378 g/mol. The van der Waals surface area contributed by atoms with E-state index in [1.807, 2.05) is 0 Å². The fourth-order valence-electron chi connectivity index (χ4n) is 1.81. The van der Waals surface area contributed by atoms with E-state index in [0.717, 1.165) is 24.3 Å². The molecule has 0 atom stereocenters. The second kappa shape index (κ2) is 7.94. The van der Waals surface area contributed by atoms with Gasteiger partial charge in [-0.3, -0.25) is 4.79 Å². The summed E-state index contributed by atoms with van der Waals surface area (Å²) in [5.41, 5.74) is 0.343. The molecule has 0 spiro atoms. The molecule has 24 heavy (non-hydrogen) atoms. The van der Waals surface area contributed by atoms with Crippen LogP contribution < -0.4 is 10.0 Å². The van der Waals surface area contributed by atoms with Gasteiger partial charge in [-0.1, -0.05) is 29.3 Å². The van der Waals surface area contributed by atoms with Gasteiger partial charge in [0, 0.05) is 13.0 Å². The molecule has 0 aliphatic carbocycles. The van der Waals surface area contributed by atoms with E-state index in [1.165, 1.54) is 0 Å². The molecule has 2 aromatic carbocycles. The van der Waals surface area contributed by atoms with Crippen molar-refractivity contribution in [2.75, 3.05) is 11.9 Å². The fraction of sp³-hybridized carbons (Fsp3) is 0.133. The smallest absolute Gasteiger partial charge is 0.240 e. The molecular formula is C15H13Cl2FN2O3S. The highest BCUT2D eigenvalue weighted by Crippen LogP contribution is 2.29. The number of hydrogen-bond donors (Lipinski definition) is 2. The summed E-state index contributed by atoms with van der Waals surface area (Å²) < 4.78 is 39.0. The molecule has 0 bridgehead atoms. The molecule has 5 nitrogen and oxygen atoms in total. The van der Waals surface area contributed by atoms with Gasteiger partial charge in [-0.05, 0) is 36.4 Å². The molecule has 0 aliphatic rings. The number of benzene rings is 2. The van der Waals surface area contributed by atoms with Crippen LogP contribution in [0.1, 0.15) is 6.42 Å². The van der Waals surface area contributed by atoms with Crippen LogP contribution in [0.25, 0.3) is 0 Å². The third-order valence-electron chi connectivity index (χ3n) is 2.99. The van der Waals surface area contributed by atoms with Crippen molar-refractivity contribution < 1.29 is 17.6 Å². The van der Waals surface area contributed by atoms with Crippen LogP contribution >= 0.6 is 23.2 Å². The summed E-state index contributed by atoms with van der Waals surface area (Å²) in [5.74, 6) is -0.965. The Morgan fingerprint density at radius 2 is 1.75 bits per heavy atom. The SMILES string of the molecule is O=C(CCNS(=O)(=O)c1ccc(F)cc1)Nc1cccc(Cl)c1Cl. The van der Waals surface area contributed by atoms with Crippen molar-refractivity contribution in [3.05, 3.63) is 58.3 Å². The van der Waals surface area contributed by atoms with Gasteiger partial charge >= 0.3 is 0 Å². The lowest BCUT2D eigenvalue weighted by Gasteiger charge is -2.09. The second-order valence-corrected chi connectivity index (χ2v) is 7.30. The zero-order valence-electron chi connectivity index (χ0n) is 12.2. The first-order chi connectivity index (χ1) is 11.3. The minimum absolute atomic E-state index is 0.0813. The Kier molecular flexibility index (Phi) is 6.17. The number of amides is 1. The average Bonchev–Trinajstić information content (AvgIpc) is 2.52. The summed E-state index contributed by atoms with van der Waals surface area (Å²) in [6.07, 6.45) is -0.108. The largest absolute Gasteiger partial charge is 0.325 e. The maximum Gasteiger partial charge on any atom is 0.240 e. The van der Waals surface area contributed by atoms with Gasteiger partial charge in [0.1, 0.15) is 5.82 Å². The highest BCUT2D eigenvalue weighted by Gasteiger charge is 2.14. The zero-order chi connectivity index (χ0) is 17.7. The Morgan fingerprint density at radius 3 is 2.42 bits per heavy atom. The minimum Gasteiger partial charge on any atom is -0.325 e. The topological polar surface area (TPSA) is 75.3 Å². The molecule has 9 heteroatoms. The van der Waals surface area contributed by atoms with E-state index in [2.05, 4.69) is 10.0 Å². The van der Waals surface area contributed by atoms with E-state index in [9.17, 15) is 17.6 Å². The Hall–Kier alpha value is -1.67. The van der Waals surface area contributed by atoms with E-state index >= 15 is 0 Å². The van der Waals surface area contributed by atoms with Crippen molar-refractivity contribution in [1.82, 2.24) is 4.72 Å². The summed E-state index contributed by atoms with van der Waals surface area (Å²) in [4.78, 5) is 11.8. The van der Waals surface area contributed by atoms with Crippen LogP contribution in [-0.4, -0.2) is 20.9 Å². The molecule has 128 valence electrons. The molecule has 0 aromatic heterocycles. The maximum atomic E-state index is 12.8. The Labute approximate surface area is 148 Å². The van der Waals surface area contributed by atoms with Gasteiger partial charge in [-0.2, -0.15) is 0 Å². The molecule has 2 rings (SSSR count). The van der Waals surface area contributed by atoms with Gasteiger partial charge in [0.25, 0.3) is 0 Å². The Morgan fingerprint density at radius 1 is 1.08 bits per heavy atom. The van der Waals surface area contributed by atoms with E-state index in [-0.39, 0.29) is 22.9 Å². The highest BCUT2D eigenvalue weighted by atomic mass is 35.5. The number of hydrogen-bond acceptors (Lipinski definition) is 3. The molecule has 0 saturated carbocycles. The number of carbonyl (C=O) groups is 1. The monoisotopic (exact) mass is 390 g/mol. The lowest BCUT2D eigenvalue weighted by molar-refractivity contribution is -0.116. The third-order valence-corrected chi connectivity index (χ3v) is 5.29. The predicted molar refractivity (Wildman–Crippen MR) is 91.3 cm³/mol. The molecule has 2 aromatic rings. The predicted octanol–water partition coefficient (Wildman–Crippen LogP) is 3.44. The summed E-state index contributed by atoms with van der Waals surface area (Å²) in [5, 5.41) is 3.05. The van der Waals surface area contributed by atoms with Gasteiger partial charge in [-0.15, -0.1) is 0 Å². The van der Waals surface area contributed by atoms with E-state index in [0.29, 0.717) is 10.7 Å². The molecule has 0 unspecified atom stereocenters. The van der Waals surface area contributed by atoms with Crippen LogP contribution in [0.4, 0.5) is 10.1 Å². The van der Waals surface area contributed by atoms with E-state index in [1.54, 1.807) is 18.2 Å². The third kappa shape index (κ3) is 4.91. The Bertz CT molecular complexity index is 842. The van der Waals surface area contributed by atoms with E-state index < -0.39 is 21.7 Å². The van der Waals surface area contributed by atoms with Gasteiger partial charge in [0.05, 0.1) is 20.6 Å². The molecule has 0 aliphatic heterocycles. The standard InChI is InChI=1S/C15H13Cl2FN2O3S/c16-12-2-1-3-13(15(12)17)20-14(21)8-9-19-24(22,23)11-6-4-10(18)5-7-11/h1-7,19H,8-9H2,(H,20,21). The first-order valence-electron chi connectivity index (χ1n) is 6.79. The minimum atomic E-state index is -3.80. The van der Waals surface area contributed by atoms with Crippen LogP contribution in [0.3, 0.4) is 0 Å². The first-order valence-corrected chi connectivity index (χ1v) is 9.02. The van der Waals surface area contributed by atoms with Crippen molar-refractivity contribution in [2.45, 2.75) is 11.3 Å². The lowest BCUT2D eigenvalue weighted by Crippen LogP contribution is -2.27. The van der Waals surface area contributed by atoms with Crippen molar-refractivity contribution in [3.63, 3.8) is 0 Å². The van der Waals surface area contributed by atoms with Gasteiger partial charge < -0.3 is 5.32 Å². The first kappa shape index (κ1) is 18.7. The molecule has 1 amide bonds. The Balaban J connectivity index is 1.90. The average molecular weight is 391 g/mol. The van der Waals surface area contributed by atoms with Crippen LogP contribution in [0.15, 0.2) is 47.4 Å².